The van der Waals surface area contributed by atoms with Crippen molar-refractivity contribution in [2.24, 2.45) is 16.7 Å². The molecule has 2 bridgehead atoms. The summed E-state index contributed by atoms with van der Waals surface area (Å²) >= 11 is 0. The summed E-state index contributed by atoms with van der Waals surface area (Å²) in [5, 5.41) is 6.52. The van der Waals surface area contributed by atoms with E-state index in [0.29, 0.717) is 17.4 Å². The maximum Gasteiger partial charge on any atom is 0.319 e. The van der Waals surface area contributed by atoms with E-state index in [2.05, 4.69) is 90.1 Å². The molecule has 200 valence electrons. The summed E-state index contributed by atoms with van der Waals surface area (Å²) in [5.41, 5.74) is 4.12. The molecule has 6 rings (SSSR count). The van der Waals surface area contributed by atoms with Gasteiger partial charge in [-0.25, -0.2) is 4.79 Å². The molecule has 5 unspecified atom stereocenters. The van der Waals surface area contributed by atoms with E-state index >= 15 is 0 Å². The molecule has 0 spiro atoms. The van der Waals surface area contributed by atoms with Crippen molar-refractivity contribution < 1.29 is 4.79 Å². The molecule has 4 heteroatoms. The second-order valence-corrected chi connectivity index (χ2v) is 12.6. The first kappa shape index (κ1) is 25.4. The molecule has 0 radical (unpaired) electrons. The summed E-state index contributed by atoms with van der Waals surface area (Å²) in [5.74, 6) is 0.709. The Morgan fingerprint density at radius 1 is 1.05 bits per heavy atom. The number of amides is 2. The van der Waals surface area contributed by atoms with E-state index < -0.39 is 0 Å². The first-order valence-corrected chi connectivity index (χ1v) is 14.8. The fourth-order valence-electron chi connectivity index (χ4n) is 7.95. The highest BCUT2D eigenvalue weighted by Crippen LogP contribution is 2.56. The fourth-order valence-corrected chi connectivity index (χ4v) is 7.95. The van der Waals surface area contributed by atoms with Gasteiger partial charge in [-0.1, -0.05) is 92.8 Å². The standard InChI is InChI=1S/C34H43N3O/c1-33(21-8-4-9-22-33)31(26-11-5-3-6-12-26)36-32(38)35-27-16-14-25(15-17-27)20-24-37-29-18-19-30(37)34(2)23-10-7-13-28(29)34/h3-13,16,21,25,29-31H,14-15,17-20,22-24H2,1-2H3,(H2,35,36,38)/t25-,29?,30?,31?,33?,34?/m1/s1. The fraction of sp³-hybridized carbons (Fsp3) is 0.500. The van der Waals surface area contributed by atoms with Crippen molar-refractivity contribution in [3.63, 3.8) is 0 Å². The molecule has 2 amide bonds. The number of carbonyl (C=O) groups excluding carboxylic acids is 1. The number of nitrogens with one attached hydrogen (secondary N) is 2. The van der Waals surface area contributed by atoms with Gasteiger partial charge in [0.25, 0.3) is 0 Å². The highest BCUT2D eigenvalue weighted by molar-refractivity contribution is 5.76. The third-order valence-electron chi connectivity index (χ3n) is 10.2. The zero-order valence-corrected chi connectivity index (χ0v) is 23.0. The lowest BCUT2D eigenvalue weighted by Gasteiger charge is -2.37. The van der Waals surface area contributed by atoms with E-state index in [9.17, 15) is 4.79 Å². The van der Waals surface area contributed by atoms with E-state index in [-0.39, 0.29) is 17.5 Å². The van der Waals surface area contributed by atoms with Crippen LogP contribution in [0.15, 0.2) is 90.2 Å². The lowest BCUT2D eigenvalue weighted by Crippen LogP contribution is -2.44. The second kappa shape index (κ2) is 10.4. The minimum atomic E-state index is -0.158. The normalized spacial score (nSPS) is 34.4. The van der Waals surface area contributed by atoms with Crippen LogP contribution in [0, 0.1) is 16.7 Å². The van der Waals surface area contributed by atoms with E-state index in [1.54, 1.807) is 5.57 Å². The van der Waals surface area contributed by atoms with E-state index in [0.717, 1.165) is 43.0 Å². The maximum absolute atomic E-state index is 13.2. The van der Waals surface area contributed by atoms with Crippen LogP contribution in [0.5, 0.6) is 0 Å². The van der Waals surface area contributed by atoms with Crippen LogP contribution >= 0.6 is 0 Å². The molecule has 38 heavy (non-hydrogen) atoms. The van der Waals surface area contributed by atoms with Crippen molar-refractivity contribution in [2.45, 2.75) is 83.3 Å². The first-order valence-electron chi connectivity index (χ1n) is 14.8. The molecule has 2 fully saturated rings. The predicted molar refractivity (Wildman–Crippen MR) is 155 cm³/mol. The molecule has 2 saturated heterocycles. The monoisotopic (exact) mass is 509 g/mol. The summed E-state index contributed by atoms with van der Waals surface area (Å²) in [7, 11) is 0. The molecule has 2 heterocycles. The Morgan fingerprint density at radius 2 is 1.89 bits per heavy atom. The van der Waals surface area contributed by atoms with Crippen LogP contribution < -0.4 is 10.6 Å². The van der Waals surface area contributed by atoms with Gasteiger partial charge in [0.2, 0.25) is 0 Å². The summed E-state index contributed by atoms with van der Waals surface area (Å²) in [6, 6.07) is 11.6. The van der Waals surface area contributed by atoms with Crippen LogP contribution in [-0.2, 0) is 0 Å². The van der Waals surface area contributed by atoms with Gasteiger partial charge >= 0.3 is 6.03 Å². The largest absolute Gasteiger partial charge is 0.330 e. The molecule has 5 aliphatic rings. The second-order valence-electron chi connectivity index (χ2n) is 12.6. The van der Waals surface area contributed by atoms with E-state index in [4.69, 9.17) is 0 Å². The van der Waals surface area contributed by atoms with Gasteiger partial charge in [0.1, 0.15) is 0 Å². The van der Waals surface area contributed by atoms with Crippen molar-refractivity contribution in [3.05, 3.63) is 95.8 Å². The molecular formula is C34H43N3O. The number of hydrogen-bond donors (Lipinski definition) is 2. The molecule has 1 aromatic carbocycles. The Morgan fingerprint density at radius 3 is 2.63 bits per heavy atom. The third-order valence-corrected chi connectivity index (χ3v) is 10.2. The van der Waals surface area contributed by atoms with Crippen molar-refractivity contribution in [1.29, 1.82) is 0 Å². The van der Waals surface area contributed by atoms with E-state index in [1.807, 2.05) is 18.2 Å². The topological polar surface area (TPSA) is 44.4 Å². The number of carbonyl (C=O) groups is 1. The molecule has 0 aromatic heterocycles. The van der Waals surface area contributed by atoms with Gasteiger partial charge in [-0.2, -0.15) is 0 Å². The predicted octanol–water partition coefficient (Wildman–Crippen LogP) is 7.36. The quantitative estimate of drug-likeness (QED) is 0.403. The molecule has 2 N–H and O–H groups in total. The van der Waals surface area contributed by atoms with Gasteiger partial charge in [-0.3, -0.25) is 4.90 Å². The Labute approximate surface area is 228 Å². The number of allylic oxidation sites excluding steroid dienone is 8. The average molecular weight is 510 g/mol. The molecule has 1 aromatic rings. The number of benzene rings is 1. The number of urea groups is 1. The molecule has 6 atom stereocenters. The Kier molecular flexibility index (Phi) is 6.94. The van der Waals surface area contributed by atoms with Gasteiger partial charge in [0, 0.05) is 28.6 Å². The lowest BCUT2D eigenvalue weighted by molar-refractivity contribution is 0.178. The SMILES string of the molecule is CC1(C(NC(=O)NC2=CC[C@@H](CCN3C4CCC3C3(C)CC=CC=C43)CC2)c2ccccc2)C=CC=CC1. The van der Waals surface area contributed by atoms with Gasteiger partial charge in [-0.15, -0.1) is 0 Å². The highest BCUT2D eigenvalue weighted by atomic mass is 16.2. The maximum atomic E-state index is 13.2. The lowest BCUT2D eigenvalue weighted by atomic mass is 9.68. The van der Waals surface area contributed by atoms with Crippen LogP contribution in [-0.4, -0.2) is 29.6 Å². The summed E-state index contributed by atoms with van der Waals surface area (Å²) in [6.07, 6.45) is 27.2. The number of hydrogen-bond acceptors (Lipinski definition) is 2. The molecular weight excluding hydrogens is 466 g/mol. The zero-order chi connectivity index (χ0) is 26.2. The van der Waals surface area contributed by atoms with Gasteiger partial charge in [0.15, 0.2) is 0 Å². The third kappa shape index (κ3) is 4.73. The van der Waals surface area contributed by atoms with Crippen molar-refractivity contribution in [3.8, 4) is 0 Å². The van der Waals surface area contributed by atoms with Crippen LogP contribution in [0.1, 0.15) is 76.8 Å². The van der Waals surface area contributed by atoms with Crippen LogP contribution in [0.3, 0.4) is 0 Å². The molecule has 3 aliphatic carbocycles. The smallest absolute Gasteiger partial charge is 0.319 e. The van der Waals surface area contributed by atoms with Gasteiger partial charge in [0.05, 0.1) is 6.04 Å². The van der Waals surface area contributed by atoms with Crippen molar-refractivity contribution in [2.75, 3.05) is 6.54 Å². The highest BCUT2D eigenvalue weighted by Gasteiger charge is 2.56. The number of nitrogens with zero attached hydrogens (tertiary/aromatic N) is 1. The van der Waals surface area contributed by atoms with E-state index in [1.165, 1.54) is 32.2 Å². The summed E-state index contributed by atoms with van der Waals surface area (Å²) in [6.45, 7) is 5.93. The summed E-state index contributed by atoms with van der Waals surface area (Å²) < 4.78 is 0. The average Bonchev–Trinajstić information content (AvgIpc) is 3.46. The Hall–Kier alpha value is -2.85. The molecule has 4 nitrogen and oxygen atoms in total. The number of fused-ring (bicyclic) bond motifs is 5. The zero-order valence-electron chi connectivity index (χ0n) is 23.0. The minimum absolute atomic E-state index is 0.0893. The molecule has 2 aliphatic heterocycles. The van der Waals surface area contributed by atoms with Crippen LogP contribution in [0.4, 0.5) is 4.79 Å². The first-order chi connectivity index (χ1) is 18.5. The summed E-state index contributed by atoms with van der Waals surface area (Å²) in [4.78, 5) is 16.0. The van der Waals surface area contributed by atoms with Crippen LogP contribution in [0.25, 0.3) is 0 Å². The Balaban J connectivity index is 1.03. The van der Waals surface area contributed by atoms with Crippen molar-refractivity contribution >= 4 is 6.03 Å². The van der Waals surface area contributed by atoms with Crippen molar-refractivity contribution in [1.82, 2.24) is 15.5 Å². The van der Waals surface area contributed by atoms with Gasteiger partial charge in [-0.05, 0) is 75.0 Å². The minimum Gasteiger partial charge on any atom is -0.330 e. The van der Waals surface area contributed by atoms with Crippen LogP contribution in [0.2, 0.25) is 0 Å². The molecule has 0 saturated carbocycles. The Bertz CT molecular complexity index is 1190. The number of rotatable bonds is 7. The van der Waals surface area contributed by atoms with Gasteiger partial charge < -0.3 is 10.6 Å².